The summed E-state index contributed by atoms with van der Waals surface area (Å²) < 4.78 is 0. The van der Waals surface area contributed by atoms with Crippen molar-refractivity contribution in [2.75, 3.05) is 0 Å². The molecule has 0 radical (unpaired) electrons. The maximum Gasteiger partial charge on any atom is 0.00956 e. The zero-order valence-corrected chi connectivity index (χ0v) is 13.7. The van der Waals surface area contributed by atoms with Crippen LogP contribution < -0.4 is 5.32 Å². The molecular weight excluding hydrogens is 230 g/mol. The lowest BCUT2D eigenvalue weighted by molar-refractivity contribution is 0.133. The van der Waals surface area contributed by atoms with Crippen LogP contribution in [-0.4, -0.2) is 12.1 Å². The lowest BCUT2D eigenvalue weighted by Crippen LogP contribution is -2.47. The van der Waals surface area contributed by atoms with Gasteiger partial charge in [0.2, 0.25) is 0 Å². The van der Waals surface area contributed by atoms with Crippen molar-refractivity contribution in [2.24, 2.45) is 17.3 Å². The predicted molar refractivity (Wildman–Crippen MR) is 84.4 cm³/mol. The molecule has 0 aromatic heterocycles. The van der Waals surface area contributed by atoms with Crippen molar-refractivity contribution in [3.8, 4) is 0 Å². The standard InChI is InChI=1S/C18H35N/c1-14-13-18(3,4)12-11-17(14)19-15(2)16-9-7-5-6-8-10-16/h14-17,19H,5-13H2,1-4H3/t14?,15-,17?/m1/s1. The zero-order valence-electron chi connectivity index (χ0n) is 13.7. The molecule has 2 fully saturated rings. The molecule has 1 nitrogen and oxygen atoms in total. The lowest BCUT2D eigenvalue weighted by atomic mass is 9.70. The maximum atomic E-state index is 4.00. The summed E-state index contributed by atoms with van der Waals surface area (Å²) in [7, 11) is 0. The molecule has 2 aliphatic rings. The minimum absolute atomic E-state index is 0.573. The second-order valence-electron chi connectivity index (χ2n) is 8.20. The molecule has 0 amide bonds. The third-order valence-corrected chi connectivity index (χ3v) is 5.78. The summed E-state index contributed by atoms with van der Waals surface area (Å²) in [5.74, 6) is 1.78. The Kier molecular flexibility index (Phi) is 5.34. The first-order valence-electron chi connectivity index (χ1n) is 8.74. The van der Waals surface area contributed by atoms with Crippen molar-refractivity contribution in [3.63, 3.8) is 0 Å². The van der Waals surface area contributed by atoms with Gasteiger partial charge in [0.1, 0.15) is 0 Å². The van der Waals surface area contributed by atoms with Gasteiger partial charge in [-0.25, -0.2) is 0 Å². The number of hydrogen-bond donors (Lipinski definition) is 1. The van der Waals surface area contributed by atoms with E-state index in [4.69, 9.17) is 0 Å². The van der Waals surface area contributed by atoms with Gasteiger partial charge in [0.05, 0.1) is 0 Å². The quantitative estimate of drug-likeness (QED) is 0.696. The van der Waals surface area contributed by atoms with Crippen LogP contribution in [0.1, 0.15) is 85.5 Å². The Morgan fingerprint density at radius 2 is 1.63 bits per heavy atom. The average molecular weight is 265 g/mol. The molecule has 0 aromatic carbocycles. The summed E-state index contributed by atoms with van der Waals surface area (Å²) in [5.41, 5.74) is 0.573. The fourth-order valence-corrected chi connectivity index (χ4v) is 4.48. The van der Waals surface area contributed by atoms with Crippen LogP contribution in [0, 0.1) is 17.3 Å². The molecular formula is C18H35N. The topological polar surface area (TPSA) is 12.0 Å². The third-order valence-electron chi connectivity index (χ3n) is 5.78. The second kappa shape index (κ2) is 6.61. The van der Waals surface area contributed by atoms with Crippen LogP contribution in [0.5, 0.6) is 0 Å². The summed E-state index contributed by atoms with van der Waals surface area (Å²) in [4.78, 5) is 0. The summed E-state index contributed by atoms with van der Waals surface area (Å²) in [6.07, 6.45) is 12.9. The summed E-state index contributed by atoms with van der Waals surface area (Å²) >= 11 is 0. The lowest BCUT2D eigenvalue weighted by Gasteiger charge is -2.41. The summed E-state index contributed by atoms with van der Waals surface area (Å²) in [6, 6.07) is 1.50. The molecule has 19 heavy (non-hydrogen) atoms. The zero-order chi connectivity index (χ0) is 13.9. The van der Waals surface area contributed by atoms with Gasteiger partial charge in [0.15, 0.2) is 0 Å². The molecule has 2 saturated carbocycles. The molecule has 0 spiro atoms. The molecule has 0 aromatic rings. The van der Waals surface area contributed by atoms with Crippen LogP contribution in [-0.2, 0) is 0 Å². The van der Waals surface area contributed by atoms with Crippen LogP contribution in [0.4, 0.5) is 0 Å². The predicted octanol–water partition coefficient (Wildman–Crippen LogP) is 5.15. The number of nitrogens with one attached hydrogen (secondary N) is 1. The van der Waals surface area contributed by atoms with Crippen molar-refractivity contribution < 1.29 is 0 Å². The summed E-state index contributed by atoms with van der Waals surface area (Å²) in [6.45, 7) is 9.78. The highest BCUT2D eigenvalue weighted by Gasteiger charge is 2.33. The van der Waals surface area contributed by atoms with Crippen molar-refractivity contribution in [1.29, 1.82) is 0 Å². The van der Waals surface area contributed by atoms with Crippen LogP contribution in [0.15, 0.2) is 0 Å². The first-order valence-corrected chi connectivity index (χ1v) is 8.74. The Morgan fingerprint density at radius 3 is 2.21 bits per heavy atom. The van der Waals surface area contributed by atoms with E-state index in [1.54, 1.807) is 0 Å². The highest BCUT2D eigenvalue weighted by atomic mass is 15.0. The van der Waals surface area contributed by atoms with E-state index in [-0.39, 0.29) is 0 Å². The monoisotopic (exact) mass is 265 g/mol. The smallest absolute Gasteiger partial charge is 0.00956 e. The highest BCUT2D eigenvalue weighted by molar-refractivity contribution is 4.89. The molecule has 2 unspecified atom stereocenters. The van der Waals surface area contributed by atoms with Gasteiger partial charge in [-0.1, -0.05) is 46.5 Å². The van der Waals surface area contributed by atoms with Crippen molar-refractivity contribution in [1.82, 2.24) is 5.32 Å². The second-order valence-corrected chi connectivity index (χ2v) is 8.20. The number of rotatable bonds is 3. The van der Waals surface area contributed by atoms with Gasteiger partial charge in [0, 0.05) is 12.1 Å². The van der Waals surface area contributed by atoms with Gasteiger partial charge in [-0.2, -0.15) is 0 Å². The van der Waals surface area contributed by atoms with E-state index >= 15 is 0 Å². The van der Waals surface area contributed by atoms with E-state index in [1.165, 1.54) is 57.8 Å². The normalized spacial score (nSPS) is 34.7. The number of hydrogen-bond acceptors (Lipinski definition) is 1. The minimum atomic E-state index is 0.573. The Morgan fingerprint density at radius 1 is 1.00 bits per heavy atom. The Labute approximate surface area is 120 Å². The van der Waals surface area contributed by atoms with Gasteiger partial charge in [0.25, 0.3) is 0 Å². The Bertz CT molecular complexity index is 263. The molecule has 2 aliphatic carbocycles. The van der Waals surface area contributed by atoms with Crippen LogP contribution in [0.2, 0.25) is 0 Å². The van der Waals surface area contributed by atoms with Gasteiger partial charge in [-0.15, -0.1) is 0 Å². The Balaban J connectivity index is 1.83. The Hall–Kier alpha value is -0.0400. The first kappa shape index (κ1) is 15.4. The van der Waals surface area contributed by atoms with E-state index < -0.39 is 0 Å². The molecule has 0 heterocycles. The van der Waals surface area contributed by atoms with Crippen LogP contribution >= 0.6 is 0 Å². The van der Waals surface area contributed by atoms with Crippen LogP contribution in [0.25, 0.3) is 0 Å². The van der Waals surface area contributed by atoms with Crippen molar-refractivity contribution >= 4 is 0 Å². The van der Waals surface area contributed by atoms with Crippen molar-refractivity contribution in [3.05, 3.63) is 0 Å². The van der Waals surface area contributed by atoms with E-state index in [0.29, 0.717) is 5.41 Å². The maximum absolute atomic E-state index is 4.00. The van der Waals surface area contributed by atoms with E-state index in [1.807, 2.05) is 0 Å². The molecule has 0 bridgehead atoms. The third kappa shape index (κ3) is 4.48. The minimum Gasteiger partial charge on any atom is -0.311 e. The largest absolute Gasteiger partial charge is 0.311 e. The van der Waals surface area contributed by atoms with Gasteiger partial charge < -0.3 is 5.32 Å². The average Bonchev–Trinajstić information content (AvgIpc) is 2.60. The highest BCUT2D eigenvalue weighted by Crippen LogP contribution is 2.39. The van der Waals surface area contributed by atoms with Gasteiger partial charge in [-0.05, 0) is 56.3 Å². The van der Waals surface area contributed by atoms with E-state index in [9.17, 15) is 0 Å². The SMILES string of the molecule is CC1CC(C)(C)CCC1N[C@H](C)C1CCCCCC1. The van der Waals surface area contributed by atoms with E-state index in [2.05, 4.69) is 33.0 Å². The fraction of sp³-hybridized carbons (Fsp3) is 1.00. The molecule has 2 rings (SSSR count). The van der Waals surface area contributed by atoms with Crippen LogP contribution in [0.3, 0.4) is 0 Å². The fourth-order valence-electron chi connectivity index (χ4n) is 4.48. The van der Waals surface area contributed by atoms with Crippen molar-refractivity contribution in [2.45, 2.75) is 97.6 Å². The molecule has 1 heteroatoms. The van der Waals surface area contributed by atoms with E-state index in [0.717, 1.165) is 23.9 Å². The van der Waals surface area contributed by atoms with Gasteiger partial charge >= 0.3 is 0 Å². The molecule has 0 saturated heterocycles. The summed E-state index contributed by atoms with van der Waals surface area (Å²) in [5, 5.41) is 4.00. The molecule has 3 atom stereocenters. The molecule has 112 valence electrons. The molecule has 1 N–H and O–H groups in total. The van der Waals surface area contributed by atoms with Gasteiger partial charge in [-0.3, -0.25) is 0 Å². The molecule has 0 aliphatic heterocycles. The first-order chi connectivity index (χ1) is 8.98.